The van der Waals surface area contributed by atoms with Crippen molar-refractivity contribution < 1.29 is 18.7 Å². The topological polar surface area (TPSA) is 67.4 Å². The van der Waals surface area contributed by atoms with Crippen molar-refractivity contribution in [2.45, 2.75) is 6.92 Å². The molecule has 0 fully saturated rings. The Morgan fingerprint density at radius 1 is 1.00 bits per heavy atom. The molecule has 2 N–H and O–H groups in total. The summed E-state index contributed by atoms with van der Waals surface area (Å²) in [6, 6.07) is 7.12. The molecule has 0 saturated heterocycles. The lowest BCUT2D eigenvalue weighted by Gasteiger charge is -2.10. The van der Waals surface area contributed by atoms with Crippen LogP contribution in [0.2, 0.25) is 10.0 Å². The number of nitrogens with one attached hydrogen (secondary N) is 2. The van der Waals surface area contributed by atoms with Crippen LogP contribution in [-0.4, -0.2) is 32.0 Å². The number of benzene rings is 2. The lowest BCUT2D eigenvalue weighted by molar-refractivity contribution is 0.0927. The molecule has 0 aliphatic rings. The third kappa shape index (κ3) is 4.86. The highest BCUT2D eigenvalue weighted by Crippen LogP contribution is 2.33. The Morgan fingerprint density at radius 3 is 2.04 bits per heavy atom. The highest BCUT2D eigenvalue weighted by atomic mass is 35.5. The zero-order valence-corrected chi connectivity index (χ0v) is 15.7. The lowest BCUT2D eigenvalue weighted by atomic mass is 10.1. The summed E-state index contributed by atoms with van der Waals surface area (Å²) in [4.78, 5) is 24.1. The quantitative estimate of drug-likeness (QED) is 0.730. The predicted molar refractivity (Wildman–Crippen MR) is 98.8 cm³/mol. The average molecular weight is 399 g/mol. The summed E-state index contributed by atoms with van der Waals surface area (Å²) in [5, 5.41) is 5.68. The second kappa shape index (κ2) is 8.87. The van der Waals surface area contributed by atoms with Gasteiger partial charge in [-0.3, -0.25) is 9.59 Å². The summed E-state index contributed by atoms with van der Waals surface area (Å²) in [5.41, 5.74) is 0.950. The third-order valence-corrected chi connectivity index (χ3v) is 4.16. The van der Waals surface area contributed by atoms with Crippen LogP contribution >= 0.6 is 23.2 Å². The number of carbonyl (C=O) groups is 2. The number of amides is 2. The maximum Gasteiger partial charge on any atom is 0.251 e. The summed E-state index contributed by atoms with van der Waals surface area (Å²) < 4.78 is 18.5. The molecule has 138 valence electrons. The van der Waals surface area contributed by atoms with Gasteiger partial charge in [0.25, 0.3) is 11.8 Å². The van der Waals surface area contributed by atoms with Gasteiger partial charge in [-0.15, -0.1) is 0 Å². The lowest BCUT2D eigenvalue weighted by Crippen LogP contribution is -2.34. The molecule has 26 heavy (non-hydrogen) atoms. The summed E-state index contributed by atoms with van der Waals surface area (Å²) >= 11 is 12.0. The van der Waals surface area contributed by atoms with Gasteiger partial charge in [0, 0.05) is 24.2 Å². The molecule has 2 rings (SSSR count). The summed E-state index contributed by atoms with van der Waals surface area (Å²) in [6.45, 7) is 1.97. The van der Waals surface area contributed by atoms with Crippen molar-refractivity contribution in [2.75, 3.05) is 20.2 Å². The minimum absolute atomic E-state index is 0.178. The van der Waals surface area contributed by atoms with Crippen LogP contribution in [0.1, 0.15) is 26.3 Å². The van der Waals surface area contributed by atoms with Crippen LogP contribution in [0, 0.1) is 12.7 Å². The number of hydrogen-bond acceptors (Lipinski definition) is 3. The Balaban J connectivity index is 1.87. The van der Waals surface area contributed by atoms with Crippen LogP contribution in [0.4, 0.5) is 4.39 Å². The Kier molecular flexibility index (Phi) is 6.83. The van der Waals surface area contributed by atoms with E-state index in [1.165, 1.54) is 37.4 Å². The van der Waals surface area contributed by atoms with Gasteiger partial charge >= 0.3 is 0 Å². The minimum atomic E-state index is -0.445. The monoisotopic (exact) mass is 398 g/mol. The van der Waals surface area contributed by atoms with Crippen molar-refractivity contribution in [2.24, 2.45) is 0 Å². The Hall–Kier alpha value is -2.31. The first-order valence-corrected chi connectivity index (χ1v) is 8.44. The standard InChI is InChI=1S/C18H17Cl2FN2O3/c1-10-3-4-11(9-15(10)21)17(24)22-5-6-23-18(25)12-7-13(19)16(26-2)14(20)8-12/h3-4,7-9H,5-6H2,1-2H3,(H,22,24)(H,23,25). The minimum Gasteiger partial charge on any atom is -0.494 e. The summed E-state index contributed by atoms with van der Waals surface area (Å²) in [5.74, 6) is -0.970. The molecule has 0 unspecified atom stereocenters. The Morgan fingerprint density at radius 2 is 1.54 bits per heavy atom. The zero-order chi connectivity index (χ0) is 19.3. The highest BCUT2D eigenvalue weighted by Gasteiger charge is 2.13. The number of methoxy groups -OCH3 is 1. The Bertz CT molecular complexity index is 820. The normalized spacial score (nSPS) is 10.3. The average Bonchev–Trinajstić information content (AvgIpc) is 2.60. The fraction of sp³-hybridized carbons (Fsp3) is 0.222. The van der Waals surface area contributed by atoms with Crippen molar-refractivity contribution in [1.29, 1.82) is 0 Å². The summed E-state index contributed by atoms with van der Waals surface area (Å²) in [7, 11) is 1.43. The first-order chi connectivity index (χ1) is 12.3. The number of aryl methyl sites for hydroxylation is 1. The van der Waals surface area contributed by atoms with Gasteiger partial charge < -0.3 is 15.4 Å². The Labute approximate surface area is 160 Å². The van der Waals surface area contributed by atoms with Gasteiger partial charge in [-0.1, -0.05) is 29.3 Å². The van der Waals surface area contributed by atoms with Crippen molar-refractivity contribution in [1.82, 2.24) is 10.6 Å². The van der Waals surface area contributed by atoms with E-state index in [4.69, 9.17) is 27.9 Å². The fourth-order valence-electron chi connectivity index (χ4n) is 2.18. The van der Waals surface area contributed by atoms with Crippen LogP contribution in [-0.2, 0) is 0 Å². The molecule has 0 aliphatic heterocycles. The van der Waals surface area contributed by atoms with E-state index in [2.05, 4.69) is 10.6 Å². The van der Waals surface area contributed by atoms with E-state index in [9.17, 15) is 14.0 Å². The van der Waals surface area contributed by atoms with Gasteiger partial charge in [0.2, 0.25) is 0 Å². The number of ether oxygens (including phenoxy) is 1. The molecule has 0 aliphatic carbocycles. The van der Waals surface area contributed by atoms with E-state index in [-0.39, 0.29) is 34.3 Å². The zero-order valence-electron chi connectivity index (χ0n) is 14.2. The SMILES string of the molecule is COc1c(Cl)cc(C(=O)NCCNC(=O)c2ccc(C)c(F)c2)cc1Cl. The van der Waals surface area contributed by atoms with Gasteiger partial charge in [0.15, 0.2) is 5.75 Å². The predicted octanol–water partition coefficient (Wildman–Crippen LogP) is 3.61. The van der Waals surface area contributed by atoms with E-state index in [0.717, 1.165) is 0 Å². The molecule has 0 bridgehead atoms. The highest BCUT2D eigenvalue weighted by molar-refractivity contribution is 6.37. The largest absolute Gasteiger partial charge is 0.494 e. The van der Waals surface area contributed by atoms with E-state index >= 15 is 0 Å². The number of rotatable bonds is 6. The molecular weight excluding hydrogens is 382 g/mol. The van der Waals surface area contributed by atoms with Crippen LogP contribution < -0.4 is 15.4 Å². The molecule has 2 amide bonds. The molecule has 0 radical (unpaired) electrons. The molecule has 0 aromatic heterocycles. The molecule has 8 heteroatoms. The third-order valence-electron chi connectivity index (χ3n) is 3.59. The molecule has 0 atom stereocenters. The van der Waals surface area contributed by atoms with Gasteiger partial charge in [0.1, 0.15) is 5.82 Å². The molecular formula is C18H17Cl2FN2O3. The smallest absolute Gasteiger partial charge is 0.251 e. The van der Waals surface area contributed by atoms with Crippen LogP contribution in [0.15, 0.2) is 30.3 Å². The molecule has 0 heterocycles. The fourth-order valence-corrected chi connectivity index (χ4v) is 2.82. The van der Waals surface area contributed by atoms with Gasteiger partial charge in [-0.05, 0) is 36.8 Å². The second-order valence-electron chi connectivity index (χ2n) is 5.45. The van der Waals surface area contributed by atoms with Crippen molar-refractivity contribution in [3.8, 4) is 5.75 Å². The number of hydrogen-bond donors (Lipinski definition) is 2. The molecule has 2 aromatic carbocycles. The first kappa shape index (κ1) is 20.0. The number of carbonyl (C=O) groups excluding carboxylic acids is 2. The maximum absolute atomic E-state index is 13.5. The van der Waals surface area contributed by atoms with Crippen LogP contribution in [0.5, 0.6) is 5.75 Å². The van der Waals surface area contributed by atoms with Crippen molar-refractivity contribution in [3.05, 3.63) is 62.9 Å². The van der Waals surface area contributed by atoms with E-state index in [1.807, 2.05) is 0 Å². The van der Waals surface area contributed by atoms with Crippen molar-refractivity contribution in [3.63, 3.8) is 0 Å². The first-order valence-electron chi connectivity index (χ1n) is 7.69. The van der Waals surface area contributed by atoms with Gasteiger partial charge in [-0.2, -0.15) is 0 Å². The van der Waals surface area contributed by atoms with E-state index in [1.54, 1.807) is 6.92 Å². The number of halogens is 3. The maximum atomic E-state index is 13.5. The van der Waals surface area contributed by atoms with Gasteiger partial charge in [-0.25, -0.2) is 4.39 Å². The van der Waals surface area contributed by atoms with Crippen LogP contribution in [0.3, 0.4) is 0 Å². The molecule has 2 aromatic rings. The molecule has 0 saturated carbocycles. The van der Waals surface area contributed by atoms with E-state index < -0.39 is 17.6 Å². The van der Waals surface area contributed by atoms with Crippen molar-refractivity contribution >= 4 is 35.0 Å². The van der Waals surface area contributed by atoms with Crippen LogP contribution in [0.25, 0.3) is 0 Å². The van der Waals surface area contributed by atoms with Gasteiger partial charge in [0.05, 0.1) is 17.2 Å². The molecule has 0 spiro atoms. The molecule has 5 nitrogen and oxygen atoms in total. The summed E-state index contributed by atoms with van der Waals surface area (Å²) in [6.07, 6.45) is 0. The van der Waals surface area contributed by atoms with E-state index in [0.29, 0.717) is 11.3 Å². The second-order valence-corrected chi connectivity index (χ2v) is 6.26.